The zero-order valence-corrected chi connectivity index (χ0v) is 13.7. The van der Waals surface area contributed by atoms with Crippen LogP contribution in [0.1, 0.15) is 11.5 Å². The second-order valence-corrected chi connectivity index (χ2v) is 6.04. The number of aryl methyl sites for hydroxylation is 1. The van der Waals surface area contributed by atoms with Gasteiger partial charge in [0, 0.05) is 31.9 Å². The number of anilines is 1. The predicted octanol–water partition coefficient (Wildman–Crippen LogP) is 2.96. The van der Waals surface area contributed by atoms with Crippen molar-refractivity contribution in [3.8, 4) is 11.6 Å². The third-order valence-electron chi connectivity index (χ3n) is 4.40. The Balaban J connectivity index is 1.36. The molecule has 4 rings (SSSR count). The van der Waals surface area contributed by atoms with E-state index in [2.05, 4.69) is 51.1 Å². The topological polar surface area (TPSA) is 58.5 Å². The van der Waals surface area contributed by atoms with Gasteiger partial charge in [-0.05, 0) is 30.7 Å². The van der Waals surface area contributed by atoms with Crippen LogP contribution < -0.4 is 4.90 Å². The average molecular weight is 324 g/mol. The van der Waals surface area contributed by atoms with E-state index in [9.17, 15) is 0 Å². The van der Waals surface area contributed by atoms with Crippen molar-refractivity contribution < 1.29 is 8.94 Å². The molecule has 3 heterocycles. The van der Waals surface area contributed by atoms with Crippen LogP contribution in [0.3, 0.4) is 0 Å². The first-order valence-electron chi connectivity index (χ1n) is 8.19. The maximum Gasteiger partial charge on any atom is 0.241 e. The minimum absolute atomic E-state index is 0.508. The molecule has 0 atom stereocenters. The molecule has 0 spiro atoms. The molecule has 1 aromatic carbocycles. The molecule has 1 aliphatic heterocycles. The predicted molar refractivity (Wildman–Crippen MR) is 90.7 cm³/mol. The SMILES string of the molecule is Cc1ccccc1N1CCN(Cc2nc(-c3ccco3)no2)CC1. The van der Waals surface area contributed by atoms with Crippen LogP contribution in [0.2, 0.25) is 0 Å². The van der Waals surface area contributed by atoms with E-state index in [1.807, 2.05) is 12.1 Å². The monoisotopic (exact) mass is 324 g/mol. The summed E-state index contributed by atoms with van der Waals surface area (Å²) in [5, 5.41) is 3.98. The van der Waals surface area contributed by atoms with E-state index >= 15 is 0 Å². The zero-order chi connectivity index (χ0) is 16.4. The smallest absolute Gasteiger partial charge is 0.241 e. The standard InChI is InChI=1S/C18H20N4O2/c1-14-5-2-3-6-15(14)22-10-8-21(9-11-22)13-17-19-18(20-24-17)16-7-4-12-23-16/h2-7,12H,8-11,13H2,1H3. The van der Waals surface area contributed by atoms with Gasteiger partial charge in [0.05, 0.1) is 12.8 Å². The normalized spacial score (nSPS) is 15.8. The lowest BCUT2D eigenvalue weighted by Crippen LogP contribution is -2.46. The number of hydrogen-bond acceptors (Lipinski definition) is 6. The lowest BCUT2D eigenvalue weighted by Gasteiger charge is -2.36. The highest BCUT2D eigenvalue weighted by Crippen LogP contribution is 2.21. The van der Waals surface area contributed by atoms with Gasteiger partial charge in [0.1, 0.15) is 0 Å². The molecule has 1 aliphatic rings. The Bertz CT molecular complexity index is 789. The second-order valence-electron chi connectivity index (χ2n) is 6.04. The average Bonchev–Trinajstić information content (AvgIpc) is 3.27. The summed E-state index contributed by atoms with van der Waals surface area (Å²) in [6, 6.07) is 12.2. The highest BCUT2D eigenvalue weighted by molar-refractivity contribution is 5.53. The van der Waals surface area contributed by atoms with E-state index in [0.717, 1.165) is 26.2 Å². The molecule has 6 heteroatoms. The quantitative estimate of drug-likeness (QED) is 0.735. The molecule has 3 aromatic rings. The summed E-state index contributed by atoms with van der Waals surface area (Å²) in [7, 11) is 0. The van der Waals surface area contributed by atoms with Gasteiger partial charge < -0.3 is 13.8 Å². The summed E-state index contributed by atoms with van der Waals surface area (Å²) >= 11 is 0. The molecule has 0 bridgehead atoms. The van der Waals surface area contributed by atoms with Gasteiger partial charge in [-0.1, -0.05) is 23.4 Å². The van der Waals surface area contributed by atoms with Crippen molar-refractivity contribution in [2.24, 2.45) is 0 Å². The maximum atomic E-state index is 5.35. The first-order valence-corrected chi connectivity index (χ1v) is 8.19. The van der Waals surface area contributed by atoms with E-state index in [-0.39, 0.29) is 0 Å². The Labute approximate surface area is 140 Å². The Morgan fingerprint density at radius 1 is 1.04 bits per heavy atom. The molecule has 1 saturated heterocycles. The van der Waals surface area contributed by atoms with Crippen molar-refractivity contribution in [3.63, 3.8) is 0 Å². The Hall–Kier alpha value is -2.60. The fraction of sp³-hybridized carbons (Fsp3) is 0.333. The van der Waals surface area contributed by atoms with Gasteiger partial charge in [-0.3, -0.25) is 4.90 Å². The van der Waals surface area contributed by atoms with Crippen LogP contribution in [0.15, 0.2) is 51.6 Å². The van der Waals surface area contributed by atoms with Crippen LogP contribution in [-0.2, 0) is 6.54 Å². The van der Waals surface area contributed by atoms with Crippen molar-refractivity contribution in [2.45, 2.75) is 13.5 Å². The van der Waals surface area contributed by atoms with Crippen molar-refractivity contribution in [3.05, 3.63) is 54.1 Å². The molecule has 6 nitrogen and oxygen atoms in total. The van der Waals surface area contributed by atoms with Gasteiger partial charge >= 0.3 is 0 Å². The third kappa shape index (κ3) is 3.05. The Morgan fingerprint density at radius 3 is 2.62 bits per heavy atom. The molecule has 0 radical (unpaired) electrons. The number of para-hydroxylation sites is 1. The Kier molecular flexibility index (Phi) is 4.04. The summed E-state index contributed by atoms with van der Waals surface area (Å²) in [5.41, 5.74) is 2.65. The first kappa shape index (κ1) is 15.0. The lowest BCUT2D eigenvalue weighted by molar-refractivity contribution is 0.215. The van der Waals surface area contributed by atoms with Crippen LogP contribution in [0, 0.1) is 6.92 Å². The van der Waals surface area contributed by atoms with Crippen LogP contribution in [0.5, 0.6) is 0 Å². The van der Waals surface area contributed by atoms with Gasteiger partial charge in [0.25, 0.3) is 0 Å². The van der Waals surface area contributed by atoms with Gasteiger partial charge in [0.2, 0.25) is 11.7 Å². The molecule has 0 N–H and O–H groups in total. The molecule has 0 amide bonds. The largest absolute Gasteiger partial charge is 0.461 e. The number of rotatable bonds is 4. The van der Waals surface area contributed by atoms with E-state index in [4.69, 9.17) is 8.94 Å². The van der Waals surface area contributed by atoms with Crippen LogP contribution in [0.25, 0.3) is 11.6 Å². The number of aromatic nitrogens is 2. The minimum Gasteiger partial charge on any atom is -0.461 e. The number of piperazine rings is 1. The van der Waals surface area contributed by atoms with Crippen LogP contribution in [0.4, 0.5) is 5.69 Å². The molecule has 24 heavy (non-hydrogen) atoms. The first-order chi connectivity index (χ1) is 11.8. The van der Waals surface area contributed by atoms with Gasteiger partial charge in [-0.2, -0.15) is 4.98 Å². The summed E-state index contributed by atoms with van der Waals surface area (Å²) < 4.78 is 10.6. The summed E-state index contributed by atoms with van der Waals surface area (Å²) in [4.78, 5) is 9.19. The summed E-state index contributed by atoms with van der Waals surface area (Å²) in [6.07, 6.45) is 1.61. The highest BCUT2D eigenvalue weighted by Gasteiger charge is 2.20. The highest BCUT2D eigenvalue weighted by atomic mass is 16.5. The molecule has 0 unspecified atom stereocenters. The molecule has 0 aliphatic carbocycles. The van der Waals surface area contributed by atoms with E-state index in [0.29, 0.717) is 24.0 Å². The van der Waals surface area contributed by atoms with Crippen molar-refractivity contribution in [1.29, 1.82) is 0 Å². The molecule has 1 fully saturated rings. The van der Waals surface area contributed by atoms with Crippen LogP contribution >= 0.6 is 0 Å². The van der Waals surface area contributed by atoms with Gasteiger partial charge in [0.15, 0.2) is 5.76 Å². The van der Waals surface area contributed by atoms with Crippen molar-refractivity contribution in [2.75, 3.05) is 31.1 Å². The third-order valence-corrected chi connectivity index (χ3v) is 4.40. The van der Waals surface area contributed by atoms with Crippen molar-refractivity contribution >= 4 is 5.69 Å². The lowest BCUT2D eigenvalue weighted by atomic mass is 10.1. The number of hydrogen-bond donors (Lipinski definition) is 0. The molecule has 2 aromatic heterocycles. The van der Waals surface area contributed by atoms with E-state index < -0.39 is 0 Å². The molecule has 0 saturated carbocycles. The Morgan fingerprint density at radius 2 is 1.88 bits per heavy atom. The van der Waals surface area contributed by atoms with Crippen LogP contribution in [-0.4, -0.2) is 41.2 Å². The molecular formula is C18H20N4O2. The molecular weight excluding hydrogens is 304 g/mol. The van der Waals surface area contributed by atoms with Gasteiger partial charge in [-0.25, -0.2) is 0 Å². The second kappa shape index (κ2) is 6.49. The minimum atomic E-state index is 0.508. The summed E-state index contributed by atoms with van der Waals surface area (Å²) in [6.45, 7) is 6.80. The molecule has 124 valence electrons. The fourth-order valence-electron chi connectivity index (χ4n) is 3.08. The van der Waals surface area contributed by atoms with E-state index in [1.54, 1.807) is 6.26 Å². The number of nitrogens with zero attached hydrogens (tertiary/aromatic N) is 4. The number of furan rings is 1. The van der Waals surface area contributed by atoms with Gasteiger partial charge in [-0.15, -0.1) is 0 Å². The van der Waals surface area contributed by atoms with Crippen molar-refractivity contribution in [1.82, 2.24) is 15.0 Å². The zero-order valence-electron chi connectivity index (χ0n) is 13.7. The number of benzene rings is 1. The van der Waals surface area contributed by atoms with E-state index in [1.165, 1.54) is 11.3 Å². The maximum absolute atomic E-state index is 5.35. The summed E-state index contributed by atoms with van der Waals surface area (Å²) in [5.74, 6) is 1.77. The fourth-order valence-corrected chi connectivity index (χ4v) is 3.08.